The Morgan fingerprint density at radius 1 is 0.674 bits per heavy atom. The van der Waals surface area contributed by atoms with Crippen molar-refractivity contribution in [1.29, 1.82) is 0 Å². The largest absolute Gasteiger partial charge is 0.459 e. The molecule has 1 aliphatic rings. The van der Waals surface area contributed by atoms with Gasteiger partial charge in [-0.15, -0.1) is 0 Å². The zero-order valence-corrected chi connectivity index (χ0v) is 25.2. The highest BCUT2D eigenvalue weighted by Crippen LogP contribution is 2.28. The molecule has 4 heterocycles. The van der Waals surface area contributed by atoms with Crippen LogP contribution in [-0.4, -0.2) is 63.9 Å². The first-order valence-corrected chi connectivity index (χ1v) is 15.3. The first-order chi connectivity index (χ1) is 22.4. The number of fused-ring (bicyclic) bond motifs is 3. The predicted octanol–water partition coefficient (Wildman–Crippen LogP) is 5.31. The van der Waals surface area contributed by atoms with Crippen LogP contribution in [-0.2, 0) is 52.6 Å². The minimum absolute atomic E-state index is 0.00201. The van der Waals surface area contributed by atoms with Gasteiger partial charge in [0.15, 0.2) is 12.2 Å². The molecule has 1 fully saturated rings. The van der Waals surface area contributed by atoms with Gasteiger partial charge in [0.05, 0.1) is 25.9 Å². The third-order valence-corrected chi connectivity index (χ3v) is 8.50. The Morgan fingerprint density at radius 2 is 1.11 bits per heavy atom. The van der Waals surface area contributed by atoms with Crippen LogP contribution in [0.5, 0.6) is 0 Å². The summed E-state index contributed by atoms with van der Waals surface area (Å²) in [6, 6.07) is 23.1. The number of carbonyl (C=O) groups is 3. The summed E-state index contributed by atoms with van der Waals surface area (Å²) in [4.78, 5) is 49.0. The topological polar surface area (TPSA) is 136 Å². The average molecular weight is 620 g/mol. The lowest BCUT2D eigenvalue weighted by Gasteiger charge is -2.27. The summed E-state index contributed by atoms with van der Waals surface area (Å²) in [5.41, 5.74) is 5.14. The van der Waals surface area contributed by atoms with Crippen molar-refractivity contribution in [2.24, 2.45) is 0 Å². The summed E-state index contributed by atoms with van der Waals surface area (Å²) >= 11 is 0. The fourth-order valence-electron chi connectivity index (χ4n) is 6.27. The molecule has 46 heavy (non-hydrogen) atoms. The van der Waals surface area contributed by atoms with E-state index in [0.717, 1.165) is 49.4 Å². The lowest BCUT2D eigenvalue weighted by atomic mass is 10.1. The van der Waals surface area contributed by atoms with E-state index in [1.807, 2.05) is 72.8 Å². The van der Waals surface area contributed by atoms with Gasteiger partial charge < -0.3 is 33.9 Å². The molecule has 0 radical (unpaired) electrons. The highest BCUT2D eigenvalue weighted by atomic mass is 16.6. The van der Waals surface area contributed by atoms with Crippen molar-refractivity contribution in [1.82, 2.24) is 15.0 Å². The number of aromatic nitrogens is 3. The van der Waals surface area contributed by atoms with Crippen molar-refractivity contribution in [3.8, 4) is 0 Å². The van der Waals surface area contributed by atoms with Gasteiger partial charge in [0, 0.05) is 51.3 Å². The van der Waals surface area contributed by atoms with Crippen molar-refractivity contribution in [2.45, 2.75) is 50.6 Å². The summed E-state index contributed by atoms with van der Waals surface area (Å²) < 4.78 is 23.6. The van der Waals surface area contributed by atoms with Crippen LogP contribution >= 0.6 is 0 Å². The average Bonchev–Trinajstić information content (AvgIpc) is 3.84. The van der Waals surface area contributed by atoms with Gasteiger partial charge in [0.2, 0.25) is 0 Å². The molecule has 10 heteroatoms. The Kier molecular flexibility index (Phi) is 8.02. The summed E-state index contributed by atoms with van der Waals surface area (Å²) in [7, 11) is 0. The number of hydrogen-bond donors (Lipinski definition) is 3. The third kappa shape index (κ3) is 5.99. The van der Waals surface area contributed by atoms with Crippen molar-refractivity contribution in [3.05, 3.63) is 108 Å². The highest BCUT2D eigenvalue weighted by molar-refractivity contribution is 5.89. The second kappa shape index (κ2) is 12.6. The molecule has 3 aromatic heterocycles. The van der Waals surface area contributed by atoms with Gasteiger partial charge in [0.25, 0.3) is 0 Å². The number of nitrogens with one attached hydrogen (secondary N) is 3. The van der Waals surface area contributed by atoms with Crippen molar-refractivity contribution >= 4 is 50.6 Å². The number of ether oxygens (including phenoxy) is 4. The molecule has 0 aliphatic carbocycles. The first-order valence-electron chi connectivity index (χ1n) is 15.3. The van der Waals surface area contributed by atoms with E-state index in [2.05, 4.69) is 15.0 Å². The smallest absolute Gasteiger partial charge is 0.310 e. The normalized spacial score (nSPS) is 18.6. The molecule has 7 rings (SSSR count). The molecule has 0 spiro atoms. The number of para-hydroxylation sites is 3. The van der Waals surface area contributed by atoms with E-state index in [9.17, 15) is 14.4 Å². The lowest BCUT2D eigenvalue weighted by molar-refractivity contribution is -0.171. The summed E-state index contributed by atoms with van der Waals surface area (Å²) in [6.45, 7) is 1.67. The van der Waals surface area contributed by atoms with Gasteiger partial charge in [-0.3, -0.25) is 14.4 Å². The molecule has 10 nitrogen and oxygen atoms in total. The van der Waals surface area contributed by atoms with E-state index >= 15 is 0 Å². The van der Waals surface area contributed by atoms with Crippen LogP contribution in [0.4, 0.5) is 0 Å². The van der Waals surface area contributed by atoms with Gasteiger partial charge in [-0.05, 0) is 41.8 Å². The maximum absolute atomic E-state index is 13.3. The molecule has 1 saturated heterocycles. The molecule has 3 N–H and O–H groups in total. The molecular weight excluding hydrogens is 586 g/mol. The molecule has 6 aromatic rings. The van der Waals surface area contributed by atoms with Crippen molar-refractivity contribution in [3.63, 3.8) is 0 Å². The molecule has 3 aromatic carbocycles. The van der Waals surface area contributed by atoms with E-state index in [0.29, 0.717) is 0 Å². The van der Waals surface area contributed by atoms with E-state index in [4.69, 9.17) is 18.9 Å². The molecule has 0 bridgehead atoms. The molecule has 1 aliphatic heterocycles. The number of esters is 3. The minimum atomic E-state index is -0.986. The molecule has 0 amide bonds. The number of hydrogen-bond acceptors (Lipinski definition) is 7. The molecule has 0 saturated carbocycles. The van der Waals surface area contributed by atoms with E-state index in [1.165, 1.54) is 0 Å². The second-order valence-electron chi connectivity index (χ2n) is 11.6. The van der Waals surface area contributed by atoms with Crippen LogP contribution in [0.25, 0.3) is 32.7 Å². The Morgan fingerprint density at radius 3 is 1.61 bits per heavy atom. The highest BCUT2D eigenvalue weighted by Gasteiger charge is 2.46. The van der Waals surface area contributed by atoms with Gasteiger partial charge >= 0.3 is 17.9 Å². The zero-order valence-electron chi connectivity index (χ0n) is 25.2. The molecular formula is C36H33N3O7. The van der Waals surface area contributed by atoms with Crippen LogP contribution in [0.3, 0.4) is 0 Å². The first kappa shape index (κ1) is 29.4. The Labute approximate surface area is 264 Å². The molecule has 0 unspecified atom stereocenters. The fourth-order valence-corrected chi connectivity index (χ4v) is 6.27. The van der Waals surface area contributed by atoms with Crippen LogP contribution in [0.2, 0.25) is 0 Å². The van der Waals surface area contributed by atoms with Gasteiger partial charge in [-0.2, -0.15) is 0 Å². The predicted molar refractivity (Wildman–Crippen MR) is 171 cm³/mol. The Hall–Kier alpha value is -5.35. The lowest BCUT2D eigenvalue weighted by Crippen LogP contribution is -2.44. The number of benzene rings is 3. The third-order valence-electron chi connectivity index (χ3n) is 8.50. The maximum Gasteiger partial charge on any atom is 0.310 e. The van der Waals surface area contributed by atoms with Crippen molar-refractivity contribution in [2.75, 3.05) is 6.61 Å². The molecule has 4 atom stereocenters. The number of aromatic amines is 3. The quantitative estimate of drug-likeness (QED) is 0.140. The van der Waals surface area contributed by atoms with Gasteiger partial charge in [-0.25, -0.2) is 0 Å². The van der Waals surface area contributed by atoms with E-state index in [1.54, 1.807) is 25.5 Å². The maximum atomic E-state index is 13.3. The Bertz CT molecular complexity index is 2040. The van der Waals surface area contributed by atoms with Crippen LogP contribution in [0.15, 0.2) is 91.4 Å². The number of carbonyl (C=O) groups excluding carboxylic acids is 3. The zero-order chi connectivity index (χ0) is 31.6. The SMILES string of the molecule is C[C@@H](OC(=O)Cc1c[nH]c2ccccc12)[C@H]1OC[C@H](OC(=O)Cc2c[nH]c3ccccc23)[C@H]1OC(=O)Cc1c[nH]c2ccccc12. The van der Waals surface area contributed by atoms with Crippen LogP contribution < -0.4 is 0 Å². The van der Waals surface area contributed by atoms with Crippen LogP contribution in [0, 0.1) is 0 Å². The minimum Gasteiger partial charge on any atom is -0.459 e. The summed E-state index contributed by atoms with van der Waals surface area (Å²) in [6.07, 6.45) is 1.93. The summed E-state index contributed by atoms with van der Waals surface area (Å²) in [5.74, 6) is -1.45. The van der Waals surface area contributed by atoms with Gasteiger partial charge in [-0.1, -0.05) is 54.6 Å². The van der Waals surface area contributed by atoms with Gasteiger partial charge in [0.1, 0.15) is 12.2 Å². The fraction of sp³-hybridized carbons (Fsp3) is 0.250. The molecule has 234 valence electrons. The number of rotatable bonds is 10. The monoisotopic (exact) mass is 619 g/mol. The van der Waals surface area contributed by atoms with E-state index in [-0.39, 0.29) is 25.9 Å². The van der Waals surface area contributed by atoms with Crippen LogP contribution in [0.1, 0.15) is 23.6 Å². The summed E-state index contributed by atoms with van der Waals surface area (Å²) in [5, 5.41) is 2.79. The van der Waals surface area contributed by atoms with E-state index < -0.39 is 42.3 Å². The standard InChI is InChI=1S/C36H33N3O7/c1-21(44-32(40)14-22-17-37-28-11-5-2-8-25(22)28)35-36(46-34(42)16-24-19-39-30-13-7-4-10-27(24)30)31(20-43-35)45-33(41)15-23-18-38-29-12-6-3-9-26(23)29/h2-13,17-19,21,31,35-39H,14-16,20H2,1H3/t21-,31+,35-,36-/m1/s1. The van der Waals surface area contributed by atoms with Crippen molar-refractivity contribution < 1.29 is 33.3 Å². The second-order valence-corrected chi connectivity index (χ2v) is 11.6. The Balaban J connectivity index is 1.06. The number of H-pyrrole nitrogens is 3.